The molecule has 1 aromatic rings. The van der Waals surface area contributed by atoms with Crippen molar-refractivity contribution in [2.24, 2.45) is 7.05 Å². The molecule has 0 spiro atoms. The van der Waals surface area contributed by atoms with Crippen molar-refractivity contribution in [3.63, 3.8) is 0 Å². The molecular formula is C10H17N3O2. The zero-order valence-corrected chi connectivity index (χ0v) is 9.36. The molecule has 0 aromatic carbocycles. The second-order valence-corrected chi connectivity index (χ2v) is 3.58. The standard InChI is InChI=1S/C10H17N3O2/c1-8(2)15-7-10(14)11-6-9-4-5-12-13(9)3/h4-5,8H,6-7H2,1-3H3,(H,11,14). The van der Waals surface area contributed by atoms with Crippen LogP contribution in [0.5, 0.6) is 0 Å². The Bertz CT molecular complexity index is 320. The number of nitrogens with one attached hydrogen (secondary N) is 1. The van der Waals surface area contributed by atoms with E-state index in [0.29, 0.717) is 6.54 Å². The van der Waals surface area contributed by atoms with Gasteiger partial charge in [0.2, 0.25) is 5.91 Å². The molecule has 0 saturated heterocycles. The summed E-state index contributed by atoms with van der Waals surface area (Å²) in [6, 6.07) is 1.86. The molecule has 15 heavy (non-hydrogen) atoms. The van der Waals surface area contributed by atoms with E-state index in [9.17, 15) is 4.79 Å². The van der Waals surface area contributed by atoms with Crippen LogP contribution in [0.4, 0.5) is 0 Å². The number of hydrogen-bond acceptors (Lipinski definition) is 3. The van der Waals surface area contributed by atoms with Crippen molar-refractivity contribution >= 4 is 5.91 Å². The largest absolute Gasteiger partial charge is 0.369 e. The van der Waals surface area contributed by atoms with E-state index < -0.39 is 0 Å². The van der Waals surface area contributed by atoms with Gasteiger partial charge in [0.05, 0.1) is 18.3 Å². The number of ether oxygens (including phenoxy) is 1. The lowest BCUT2D eigenvalue weighted by molar-refractivity contribution is -0.127. The molecule has 1 aromatic heterocycles. The minimum Gasteiger partial charge on any atom is -0.369 e. The highest BCUT2D eigenvalue weighted by atomic mass is 16.5. The van der Waals surface area contributed by atoms with E-state index in [4.69, 9.17) is 4.74 Å². The van der Waals surface area contributed by atoms with Crippen molar-refractivity contribution in [1.82, 2.24) is 15.1 Å². The highest BCUT2D eigenvalue weighted by molar-refractivity contribution is 5.77. The summed E-state index contributed by atoms with van der Waals surface area (Å²) in [5.41, 5.74) is 0.966. The third-order valence-electron chi connectivity index (χ3n) is 1.94. The average molecular weight is 211 g/mol. The van der Waals surface area contributed by atoms with Crippen LogP contribution in [0.3, 0.4) is 0 Å². The maximum absolute atomic E-state index is 11.3. The Morgan fingerprint density at radius 1 is 1.67 bits per heavy atom. The van der Waals surface area contributed by atoms with E-state index in [1.807, 2.05) is 27.0 Å². The molecule has 1 amide bonds. The van der Waals surface area contributed by atoms with Crippen LogP contribution in [0, 0.1) is 0 Å². The number of aromatic nitrogens is 2. The molecular weight excluding hydrogens is 194 g/mol. The second kappa shape index (κ2) is 5.50. The van der Waals surface area contributed by atoms with Gasteiger partial charge >= 0.3 is 0 Å². The average Bonchev–Trinajstić information content (AvgIpc) is 2.58. The first-order chi connectivity index (χ1) is 7.09. The zero-order valence-electron chi connectivity index (χ0n) is 9.36. The molecule has 0 aliphatic carbocycles. The fourth-order valence-electron chi connectivity index (χ4n) is 1.06. The van der Waals surface area contributed by atoms with Crippen LogP contribution in [-0.4, -0.2) is 28.4 Å². The van der Waals surface area contributed by atoms with Gasteiger partial charge in [0.15, 0.2) is 0 Å². The number of amides is 1. The first-order valence-corrected chi connectivity index (χ1v) is 4.94. The van der Waals surface area contributed by atoms with Gasteiger partial charge in [-0.3, -0.25) is 9.48 Å². The number of rotatable bonds is 5. The minimum absolute atomic E-state index is 0.0763. The molecule has 0 aliphatic rings. The summed E-state index contributed by atoms with van der Waals surface area (Å²) in [5.74, 6) is -0.107. The van der Waals surface area contributed by atoms with Gasteiger partial charge in [-0.05, 0) is 19.9 Å². The maximum atomic E-state index is 11.3. The van der Waals surface area contributed by atoms with Crippen molar-refractivity contribution in [3.8, 4) is 0 Å². The van der Waals surface area contributed by atoms with E-state index in [1.165, 1.54) is 0 Å². The van der Waals surface area contributed by atoms with E-state index in [0.717, 1.165) is 5.69 Å². The SMILES string of the molecule is CC(C)OCC(=O)NCc1ccnn1C. The summed E-state index contributed by atoms with van der Waals surface area (Å²) in [6.45, 7) is 4.38. The Morgan fingerprint density at radius 3 is 2.93 bits per heavy atom. The number of carbonyl (C=O) groups is 1. The topological polar surface area (TPSA) is 56.1 Å². The van der Waals surface area contributed by atoms with E-state index in [2.05, 4.69) is 10.4 Å². The van der Waals surface area contributed by atoms with Crippen molar-refractivity contribution < 1.29 is 9.53 Å². The van der Waals surface area contributed by atoms with Crippen molar-refractivity contribution in [2.45, 2.75) is 26.5 Å². The van der Waals surface area contributed by atoms with E-state index in [1.54, 1.807) is 10.9 Å². The van der Waals surface area contributed by atoms with E-state index in [-0.39, 0.29) is 18.6 Å². The summed E-state index contributed by atoms with van der Waals surface area (Å²) in [7, 11) is 1.84. The molecule has 0 aliphatic heterocycles. The lowest BCUT2D eigenvalue weighted by atomic mass is 10.4. The summed E-state index contributed by atoms with van der Waals surface area (Å²) in [6.07, 6.45) is 1.78. The lowest BCUT2D eigenvalue weighted by Gasteiger charge is -2.08. The summed E-state index contributed by atoms with van der Waals surface area (Å²) in [4.78, 5) is 11.3. The lowest BCUT2D eigenvalue weighted by Crippen LogP contribution is -2.29. The molecule has 1 heterocycles. The molecule has 0 fully saturated rings. The molecule has 1 N–H and O–H groups in total. The predicted molar refractivity (Wildman–Crippen MR) is 56.1 cm³/mol. The quantitative estimate of drug-likeness (QED) is 0.770. The molecule has 0 atom stereocenters. The van der Waals surface area contributed by atoms with Crippen LogP contribution in [0.2, 0.25) is 0 Å². The van der Waals surface area contributed by atoms with Crippen LogP contribution >= 0.6 is 0 Å². The first-order valence-electron chi connectivity index (χ1n) is 4.94. The van der Waals surface area contributed by atoms with Gasteiger partial charge in [0.1, 0.15) is 6.61 Å². The molecule has 1 rings (SSSR count). The molecule has 0 saturated carbocycles. The van der Waals surface area contributed by atoms with Gasteiger partial charge < -0.3 is 10.1 Å². The molecule has 5 heteroatoms. The normalized spacial score (nSPS) is 10.7. The smallest absolute Gasteiger partial charge is 0.246 e. The molecule has 0 radical (unpaired) electrons. The van der Waals surface area contributed by atoms with Crippen LogP contribution in [0.25, 0.3) is 0 Å². The van der Waals surface area contributed by atoms with Crippen LogP contribution in [0.1, 0.15) is 19.5 Å². The highest BCUT2D eigenvalue weighted by Gasteiger charge is 2.04. The summed E-state index contributed by atoms with van der Waals surface area (Å²) < 4.78 is 6.90. The van der Waals surface area contributed by atoms with Crippen LogP contribution in [-0.2, 0) is 23.1 Å². The number of aryl methyl sites for hydroxylation is 1. The third kappa shape index (κ3) is 4.12. The molecule has 5 nitrogen and oxygen atoms in total. The molecule has 0 bridgehead atoms. The first kappa shape index (κ1) is 11.7. The fraction of sp³-hybridized carbons (Fsp3) is 0.600. The van der Waals surface area contributed by atoms with Gasteiger partial charge in [-0.25, -0.2) is 0 Å². The molecule has 0 unspecified atom stereocenters. The predicted octanol–water partition coefficient (Wildman–Crippen LogP) is 0.461. The van der Waals surface area contributed by atoms with Crippen LogP contribution in [0.15, 0.2) is 12.3 Å². The highest BCUT2D eigenvalue weighted by Crippen LogP contribution is 1.95. The van der Waals surface area contributed by atoms with E-state index >= 15 is 0 Å². The Hall–Kier alpha value is -1.36. The van der Waals surface area contributed by atoms with Gasteiger partial charge in [-0.2, -0.15) is 5.10 Å². The number of hydrogen-bond donors (Lipinski definition) is 1. The van der Waals surface area contributed by atoms with Gasteiger partial charge in [0.25, 0.3) is 0 Å². The summed E-state index contributed by atoms with van der Waals surface area (Å²) in [5, 5.41) is 6.76. The van der Waals surface area contributed by atoms with Crippen LogP contribution < -0.4 is 5.32 Å². The Morgan fingerprint density at radius 2 is 2.40 bits per heavy atom. The summed E-state index contributed by atoms with van der Waals surface area (Å²) >= 11 is 0. The van der Waals surface area contributed by atoms with Gasteiger partial charge in [0, 0.05) is 13.2 Å². The minimum atomic E-state index is -0.107. The third-order valence-corrected chi connectivity index (χ3v) is 1.94. The maximum Gasteiger partial charge on any atom is 0.246 e. The molecule has 84 valence electrons. The Kier molecular flexibility index (Phi) is 4.30. The Labute approximate surface area is 89.4 Å². The van der Waals surface area contributed by atoms with Crippen molar-refractivity contribution in [3.05, 3.63) is 18.0 Å². The van der Waals surface area contributed by atoms with Crippen molar-refractivity contribution in [1.29, 1.82) is 0 Å². The second-order valence-electron chi connectivity index (χ2n) is 3.58. The number of nitrogens with zero attached hydrogens (tertiary/aromatic N) is 2. The Balaban J connectivity index is 2.26. The van der Waals surface area contributed by atoms with Crippen molar-refractivity contribution in [2.75, 3.05) is 6.61 Å². The number of carbonyl (C=O) groups excluding carboxylic acids is 1. The zero-order chi connectivity index (χ0) is 11.3. The monoisotopic (exact) mass is 211 g/mol. The van der Waals surface area contributed by atoms with Gasteiger partial charge in [-0.1, -0.05) is 0 Å². The van der Waals surface area contributed by atoms with Gasteiger partial charge in [-0.15, -0.1) is 0 Å². The fourth-order valence-corrected chi connectivity index (χ4v) is 1.06.